The number of aromatic nitrogens is 1. The molecule has 0 amide bonds. The highest BCUT2D eigenvalue weighted by Gasteiger charge is 2.23. The van der Waals surface area contributed by atoms with Gasteiger partial charge in [-0.15, -0.1) is 0 Å². The maximum Gasteiger partial charge on any atom is 0.128 e. The number of nitriles is 1. The predicted molar refractivity (Wildman–Crippen MR) is 102 cm³/mol. The van der Waals surface area contributed by atoms with Crippen LogP contribution in [0, 0.1) is 11.3 Å². The van der Waals surface area contributed by atoms with Crippen LogP contribution < -0.4 is 10.2 Å². The Morgan fingerprint density at radius 1 is 1.12 bits per heavy atom. The van der Waals surface area contributed by atoms with Gasteiger partial charge in [0.15, 0.2) is 0 Å². The molecule has 3 rings (SSSR count). The summed E-state index contributed by atoms with van der Waals surface area (Å²) >= 11 is 0. The molecule has 1 aromatic heterocycles. The number of nitrogens with zero attached hydrogens (tertiary/aromatic N) is 3. The Balaban J connectivity index is 1.51. The lowest BCUT2D eigenvalue weighted by Crippen LogP contribution is -2.47. The van der Waals surface area contributed by atoms with Gasteiger partial charge in [-0.2, -0.15) is 5.26 Å². The molecule has 130 valence electrons. The first-order valence-electron chi connectivity index (χ1n) is 9.09. The van der Waals surface area contributed by atoms with E-state index in [1.807, 2.05) is 12.1 Å². The van der Waals surface area contributed by atoms with Crippen LogP contribution in [0.3, 0.4) is 0 Å². The molecule has 0 spiro atoms. The molecule has 25 heavy (non-hydrogen) atoms. The van der Waals surface area contributed by atoms with Gasteiger partial charge in [0.2, 0.25) is 0 Å². The molecular weight excluding hydrogens is 308 g/mol. The molecule has 2 heterocycles. The zero-order valence-corrected chi connectivity index (χ0v) is 15.0. The summed E-state index contributed by atoms with van der Waals surface area (Å²) in [4.78, 5) is 6.72. The molecule has 0 aliphatic carbocycles. The Morgan fingerprint density at radius 2 is 1.84 bits per heavy atom. The van der Waals surface area contributed by atoms with Gasteiger partial charge >= 0.3 is 0 Å². The number of pyridine rings is 1. The van der Waals surface area contributed by atoms with E-state index in [0.717, 1.165) is 31.7 Å². The summed E-state index contributed by atoms with van der Waals surface area (Å²) in [5, 5.41) is 12.7. The summed E-state index contributed by atoms with van der Waals surface area (Å²) in [5.74, 6) is 1.47. The van der Waals surface area contributed by atoms with Crippen LogP contribution in [0.25, 0.3) is 0 Å². The predicted octanol–water partition coefficient (Wildman–Crippen LogP) is 3.70. The van der Waals surface area contributed by atoms with Crippen molar-refractivity contribution in [3.8, 4) is 6.07 Å². The molecule has 2 aromatic rings. The minimum absolute atomic E-state index is 0.451. The van der Waals surface area contributed by atoms with Crippen LogP contribution in [-0.4, -0.2) is 30.2 Å². The van der Waals surface area contributed by atoms with Gasteiger partial charge in [0.25, 0.3) is 0 Å². The normalized spacial score (nSPS) is 17.7. The summed E-state index contributed by atoms with van der Waals surface area (Å²) in [6, 6.07) is 17.6. The van der Waals surface area contributed by atoms with E-state index < -0.39 is 0 Å². The van der Waals surface area contributed by atoms with Gasteiger partial charge in [0.1, 0.15) is 11.9 Å². The van der Waals surface area contributed by atoms with E-state index in [1.54, 1.807) is 6.20 Å². The second kappa shape index (κ2) is 8.13. The molecule has 1 fully saturated rings. The van der Waals surface area contributed by atoms with Crippen molar-refractivity contribution in [2.24, 2.45) is 0 Å². The smallest absolute Gasteiger partial charge is 0.128 e. The number of nitrogens with one attached hydrogen (secondary N) is 1. The molecule has 1 aromatic carbocycles. The SMILES string of the molecule is C[C@@H](NC1CCN(c2ccc(C#N)cn2)CC1)[C@@H](C)c1ccccc1. The van der Waals surface area contributed by atoms with Crippen molar-refractivity contribution in [2.45, 2.75) is 44.7 Å². The third-order valence-electron chi connectivity index (χ3n) is 5.27. The molecule has 0 saturated carbocycles. The maximum atomic E-state index is 8.87. The number of benzene rings is 1. The van der Waals surface area contributed by atoms with Crippen LogP contribution >= 0.6 is 0 Å². The molecule has 0 unspecified atom stereocenters. The van der Waals surface area contributed by atoms with Crippen molar-refractivity contribution in [1.82, 2.24) is 10.3 Å². The van der Waals surface area contributed by atoms with E-state index in [9.17, 15) is 0 Å². The highest BCUT2D eigenvalue weighted by Crippen LogP contribution is 2.22. The topological polar surface area (TPSA) is 52.0 Å². The molecule has 0 radical (unpaired) electrons. The number of piperidine rings is 1. The fourth-order valence-corrected chi connectivity index (χ4v) is 3.48. The van der Waals surface area contributed by atoms with Crippen LogP contribution in [0.5, 0.6) is 0 Å². The van der Waals surface area contributed by atoms with Gasteiger partial charge in [0.05, 0.1) is 5.56 Å². The zero-order valence-electron chi connectivity index (χ0n) is 15.0. The average Bonchev–Trinajstić information content (AvgIpc) is 2.68. The molecule has 1 saturated heterocycles. The van der Waals surface area contributed by atoms with E-state index in [0.29, 0.717) is 23.6 Å². The highest BCUT2D eigenvalue weighted by molar-refractivity contribution is 5.42. The third-order valence-corrected chi connectivity index (χ3v) is 5.27. The Hall–Kier alpha value is -2.38. The minimum Gasteiger partial charge on any atom is -0.357 e. The molecule has 4 nitrogen and oxygen atoms in total. The van der Waals surface area contributed by atoms with E-state index in [2.05, 4.69) is 65.4 Å². The molecule has 1 N–H and O–H groups in total. The van der Waals surface area contributed by atoms with Gasteiger partial charge in [-0.1, -0.05) is 37.3 Å². The van der Waals surface area contributed by atoms with Crippen molar-refractivity contribution in [3.63, 3.8) is 0 Å². The molecule has 1 aliphatic rings. The van der Waals surface area contributed by atoms with Crippen LogP contribution in [-0.2, 0) is 0 Å². The number of rotatable bonds is 5. The van der Waals surface area contributed by atoms with Crippen LogP contribution in [0.15, 0.2) is 48.7 Å². The summed E-state index contributed by atoms with van der Waals surface area (Å²) < 4.78 is 0. The van der Waals surface area contributed by atoms with Gasteiger partial charge in [-0.05, 0) is 43.4 Å². The fraction of sp³-hybridized carbons (Fsp3) is 0.429. The lowest BCUT2D eigenvalue weighted by atomic mass is 9.93. The Morgan fingerprint density at radius 3 is 2.44 bits per heavy atom. The first-order chi connectivity index (χ1) is 12.2. The van der Waals surface area contributed by atoms with Gasteiger partial charge < -0.3 is 10.2 Å². The third kappa shape index (κ3) is 4.37. The number of anilines is 1. The van der Waals surface area contributed by atoms with E-state index in [4.69, 9.17) is 5.26 Å². The van der Waals surface area contributed by atoms with Gasteiger partial charge in [-0.3, -0.25) is 0 Å². The van der Waals surface area contributed by atoms with Gasteiger partial charge in [-0.25, -0.2) is 4.98 Å². The van der Waals surface area contributed by atoms with E-state index in [1.165, 1.54) is 5.56 Å². The Kier molecular flexibility index (Phi) is 5.67. The first kappa shape index (κ1) is 17.4. The largest absolute Gasteiger partial charge is 0.357 e. The number of hydrogen-bond donors (Lipinski definition) is 1. The molecule has 0 bridgehead atoms. The highest BCUT2D eigenvalue weighted by atomic mass is 15.2. The fourth-order valence-electron chi connectivity index (χ4n) is 3.48. The Bertz CT molecular complexity index is 697. The van der Waals surface area contributed by atoms with E-state index in [-0.39, 0.29) is 0 Å². The summed E-state index contributed by atoms with van der Waals surface area (Å²) in [6.07, 6.45) is 3.89. The van der Waals surface area contributed by atoms with E-state index >= 15 is 0 Å². The quantitative estimate of drug-likeness (QED) is 0.906. The van der Waals surface area contributed by atoms with Crippen molar-refractivity contribution < 1.29 is 0 Å². The number of hydrogen-bond acceptors (Lipinski definition) is 4. The molecule has 1 aliphatic heterocycles. The van der Waals surface area contributed by atoms with Crippen molar-refractivity contribution >= 4 is 5.82 Å². The van der Waals surface area contributed by atoms with Gasteiger partial charge in [0, 0.05) is 31.4 Å². The summed E-state index contributed by atoms with van der Waals surface area (Å²) in [6.45, 7) is 6.58. The minimum atomic E-state index is 0.451. The summed E-state index contributed by atoms with van der Waals surface area (Å²) in [7, 11) is 0. The second-order valence-electron chi connectivity index (χ2n) is 6.93. The lowest BCUT2D eigenvalue weighted by Gasteiger charge is -2.35. The standard InChI is InChI=1S/C21H26N4/c1-16(19-6-4-3-5-7-19)17(2)24-20-10-12-25(13-11-20)21-9-8-18(14-22)15-23-21/h3-9,15-17,20,24H,10-13H2,1-2H3/t16-,17-/m1/s1. The van der Waals surface area contributed by atoms with Crippen molar-refractivity contribution in [2.75, 3.05) is 18.0 Å². The average molecular weight is 334 g/mol. The van der Waals surface area contributed by atoms with Crippen molar-refractivity contribution in [3.05, 3.63) is 59.8 Å². The molecule has 2 atom stereocenters. The zero-order chi connectivity index (χ0) is 17.6. The van der Waals surface area contributed by atoms with Crippen LogP contribution in [0.4, 0.5) is 5.82 Å². The van der Waals surface area contributed by atoms with Crippen molar-refractivity contribution in [1.29, 1.82) is 5.26 Å². The van der Waals surface area contributed by atoms with Crippen LogP contribution in [0.2, 0.25) is 0 Å². The molecule has 4 heteroatoms. The second-order valence-corrected chi connectivity index (χ2v) is 6.93. The first-order valence-corrected chi connectivity index (χ1v) is 9.09. The Labute approximate surface area is 150 Å². The monoisotopic (exact) mass is 334 g/mol. The lowest BCUT2D eigenvalue weighted by molar-refractivity contribution is 0.354. The molecular formula is C21H26N4. The summed E-state index contributed by atoms with van der Waals surface area (Å²) in [5.41, 5.74) is 2.01. The maximum absolute atomic E-state index is 8.87. The van der Waals surface area contributed by atoms with Crippen LogP contribution in [0.1, 0.15) is 43.7 Å².